The van der Waals surface area contributed by atoms with Gasteiger partial charge in [-0.15, -0.1) is 10.2 Å². The molecule has 0 bridgehead atoms. The number of nitrogens with zero attached hydrogens (tertiary/aromatic N) is 6. The first-order chi connectivity index (χ1) is 21.0. The topological polar surface area (TPSA) is 122 Å². The van der Waals surface area contributed by atoms with Crippen LogP contribution in [0, 0.1) is 0 Å². The van der Waals surface area contributed by atoms with Crippen LogP contribution in [0.25, 0.3) is 16.3 Å². The minimum atomic E-state index is -4.44. The van der Waals surface area contributed by atoms with E-state index in [1.807, 2.05) is 4.90 Å². The van der Waals surface area contributed by atoms with Crippen molar-refractivity contribution >= 4 is 38.6 Å². The Morgan fingerprint density at radius 1 is 1.09 bits per heavy atom. The number of imidazole rings is 1. The standard InChI is InChI=1S/C27H31F4N7O4S2/c1-42-27(7-8-27)25(39)37-11-9-36(10-12-37)17-13-16(44(40,41)35-26(5-6-26)24(30)31)14-38-19(22-33-34-23(43-22)20(28)29)18(32-21(17)38)15-3-2-4-15/h13-15,20,24,35H,2-12H2,1H3. The van der Waals surface area contributed by atoms with Gasteiger partial charge >= 0.3 is 0 Å². The number of nitrogens with one attached hydrogen (secondary N) is 1. The van der Waals surface area contributed by atoms with Crippen LogP contribution in [-0.4, -0.2) is 89.7 Å². The fourth-order valence-corrected chi connectivity index (χ4v) is 8.19. The van der Waals surface area contributed by atoms with Gasteiger partial charge in [-0.25, -0.2) is 31.0 Å². The van der Waals surface area contributed by atoms with E-state index in [0.717, 1.165) is 19.3 Å². The maximum absolute atomic E-state index is 13.8. The highest BCUT2D eigenvalue weighted by molar-refractivity contribution is 7.89. The summed E-state index contributed by atoms with van der Waals surface area (Å²) >= 11 is 0.705. The number of amides is 1. The summed E-state index contributed by atoms with van der Waals surface area (Å²) in [5.41, 5.74) is -0.798. The van der Waals surface area contributed by atoms with Crippen molar-refractivity contribution < 1.29 is 35.5 Å². The number of piperazine rings is 1. The molecule has 11 nitrogen and oxygen atoms in total. The van der Waals surface area contributed by atoms with Crippen molar-refractivity contribution in [2.75, 3.05) is 38.2 Å². The summed E-state index contributed by atoms with van der Waals surface area (Å²) in [6.07, 6.45) is -0.464. The Morgan fingerprint density at radius 2 is 1.80 bits per heavy atom. The lowest BCUT2D eigenvalue weighted by atomic mass is 9.82. The normalized spacial score (nSPS) is 21.3. The second kappa shape index (κ2) is 10.6. The Bertz CT molecular complexity index is 1710. The third kappa shape index (κ3) is 4.95. The minimum Gasteiger partial charge on any atom is -0.368 e. The first-order valence-corrected chi connectivity index (χ1v) is 16.9. The molecule has 4 aliphatic rings. The molecule has 0 radical (unpaired) electrons. The van der Waals surface area contributed by atoms with Crippen LogP contribution in [0.1, 0.15) is 68.0 Å². The first-order valence-electron chi connectivity index (χ1n) is 14.6. The van der Waals surface area contributed by atoms with Crippen molar-refractivity contribution in [1.29, 1.82) is 0 Å². The van der Waals surface area contributed by atoms with Crippen LogP contribution >= 0.6 is 11.3 Å². The van der Waals surface area contributed by atoms with Crippen LogP contribution in [0.3, 0.4) is 0 Å². The van der Waals surface area contributed by atoms with Gasteiger partial charge in [-0.05, 0) is 44.6 Å². The van der Waals surface area contributed by atoms with E-state index in [-0.39, 0.29) is 34.6 Å². The maximum atomic E-state index is 13.8. The number of sulfonamides is 1. The van der Waals surface area contributed by atoms with E-state index < -0.39 is 39.0 Å². The van der Waals surface area contributed by atoms with Crippen LogP contribution in [0.2, 0.25) is 0 Å². The van der Waals surface area contributed by atoms with Crippen molar-refractivity contribution in [1.82, 2.24) is 29.2 Å². The summed E-state index contributed by atoms with van der Waals surface area (Å²) in [5.74, 6) is -0.0600. The largest absolute Gasteiger partial charge is 0.368 e. The van der Waals surface area contributed by atoms with Crippen LogP contribution in [-0.2, 0) is 19.6 Å². The molecular formula is C27H31F4N7O4S2. The van der Waals surface area contributed by atoms with Crippen LogP contribution in [0.15, 0.2) is 17.2 Å². The molecule has 0 aromatic carbocycles. The number of carbonyl (C=O) groups excluding carboxylic acids is 1. The van der Waals surface area contributed by atoms with E-state index in [1.54, 1.807) is 4.90 Å². The number of anilines is 1. The van der Waals surface area contributed by atoms with Crippen LogP contribution in [0.4, 0.5) is 23.2 Å². The zero-order chi connectivity index (χ0) is 31.0. The molecule has 0 spiro atoms. The number of methoxy groups -OCH3 is 1. The maximum Gasteiger partial charge on any atom is 0.291 e. The number of rotatable bonds is 10. The fourth-order valence-electron chi connectivity index (χ4n) is 5.98. The number of halogens is 4. The van der Waals surface area contributed by atoms with Gasteiger partial charge in [0.2, 0.25) is 10.0 Å². The molecule has 3 aliphatic carbocycles. The third-order valence-electron chi connectivity index (χ3n) is 9.27. The van der Waals surface area contributed by atoms with Gasteiger partial charge < -0.3 is 14.5 Å². The van der Waals surface area contributed by atoms with E-state index >= 15 is 0 Å². The van der Waals surface area contributed by atoms with Crippen molar-refractivity contribution in [3.8, 4) is 10.7 Å². The molecule has 4 fully saturated rings. The average Bonchev–Trinajstić information content (AvgIpc) is 3.85. The van der Waals surface area contributed by atoms with Gasteiger partial charge in [0.15, 0.2) is 15.7 Å². The molecule has 3 saturated carbocycles. The van der Waals surface area contributed by atoms with Crippen molar-refractivity contribution in [2.24, 2.45) is 0 Å². The van der Waals surface area contributed by atoms with Gasteiger partial charge in [0, 0.05) is 45.4 Å². The lowest BCUT2D eigenvalue weighted by Gasteiger charge is -2.37. The van der Waals surface area contributed by atoms with Gasteiger partial charge in [0.05, 0.1) is 16.9 Å². The molecule has 1 amide bonds. The zero-order valence-corrected chi connectivity index (χ0v) is 25.4. The number of aromatic nitrogens is 4. The molecule has 4 heterocycles. The van der Waals surface area contributed by atoms with Crippen molar-refractivity contribution in [2.45, 2.75) is 79.8 Å². The first kappa shape index (κ1) is 29.8. The summed E-state index contributed by atoms with van der Waals surface area (Å²) < 4.78 is 91.0. The number of hydrogen-bond acceptors (Lipinski definition) is 9. The summed E-state index contributed by atoms with van der Waals surface area (Å²) in [5, 5.41) is 7.35. The number of alkyl halides is 4. The van der Waals surface area contributed by atoms with Crippen LogP contribution < -0.4 is 9.62 Å². The predicted molar refractivity (Wildman–Crippen MR) is 152 cm³/mol. The Kier molecular flexibility index (Phi) is 7.17. The summed E-state index contributed by atoms with van der Waals surface area (Å²) in [7, 11) is -2.92. The van der Waals surface area contributed by atoms with E-state index in [4.69, 9.17) is 9.72 Å². The highest BCUT2D eigenvalue weighted by Crippen LogP contribution is 2.46. The highest BCUT2D eigenvalue weighted by Gasteiger charge is 2.54. The fraction of sp³-hybridized carbons (Fsp3) is 0.630. The van der Waals surface area contributed by atoms with Gasteiger partial charge in [-0.2, -0.15) is 4.72 Å². The lowest BCUT2D eigenvalue weighted by molar-refractivity contribution is -0.144. The monoisotopic (exact) mass is 657 g/mol. The zero-order valence-electron chi connectivity index (χ0n) is 23.8. The quantitative estimate of drug-likeness (QED) is 0.326. The molecule has 238 valence electrons. The minimum absolute atomic E-state index is 0.0152. The summed E-state index contributed by atoms with van der Waals surface area (Å²) in [6, 6.07) is 1.42. The molecule has 0 atom stereocenters. The van der Waals surface area contributed by atoms with Gasteiger partial charge in [-0.3, -0.25) is 9.20 Å². The van der Waals surface area contributed by atoms with E-state index in [9.17, 15) is 30.8 Å². The Balaban J connectivity index is 1.33. The van der Waals surface area contributed by atoms with Crippen LogP contribution in [0.5, 0.6) is 0 Å². The number of carbonyl (C=O) groups is 1. The Morgan fingerprint density at radius 3 is 2.32 bits per heavy atom. The van der Waals surface area contributed by atoms with E-state index in [0.29, 0.717) is 73.1 Å². The molecule has 3 aromatic rings. The number of fused-ring (bicyclic) bond motifs is 1. The second-order valence-electron chi connectivity index (χ2n) is 12.0. The van der Waals surface area contributed by atoms with Gasteiger partial charge in [0.1, 0.15) is 16.2 Å². The Labute approximate surface area is 254 Å². The average molecular weight is 658 g/mol. The molecule has 0 unspecified atom stereocenters. The van der Waals surface area contributed by atoms with Crippen molar-refractivity contribution in [3.05, 3.63) is 23.0 Å². The third-order valence-corrected chi connectivity index (χ3v) is 11.7. The number of pyridine rings is 1. The van der Waals surface area contributed by atoms with Gasteiger partial charge in [-0.1, -0.05) is 17.8 Å². The molecule has 44 heavy (non-hydrogen) atoms. The van der Waals surface area contributed by atoms with Gasteiger partial charge in [0.25, 0.3) is 18.8 Å². The SMILES string of the molecule is COC1(C(=O)N2CCN(c3cc(S(=O)(=O)NC4(C(F)F)CC4)cn4c(-c5nnc(C(F)F)s5)c(C5CCC5)nc34)CC2)CC1. The van der Waals surface area contributed by atoms with E-state index in [1.165, 1.54) is 23.8 Å². The second-order valence-corrected chi connectivity index (χ2v) is 14.7. The summed E-state index contributed by atoms with van der Waals surface area (Å²) in [6.45, 7) is 1.43. The molecule has 1 aliphatic heterocycles. The molecule has 17 heteroatoms. The molecule has 7 rings (SSSR count). The molecule has 1 N–H and O–H groups in total. The molecule has 3 aromatic heterocycles. The molecule has 1 saturated heterocycles. The highest BCUT2D eigenvalue weighted by atomic mass is 32.2. The van der Waals surface area contributed by atoms with E-state index in [2.05, 4.69) is 14.9 Å². The number of hydrogen-bond donors (Lipinski definition) is 1. The Hall–Kier alpha value is -2.89. The van der Waals surface area contributed by atoms with Crippen molar-refractivity contribution in [3.63, 3.8) is 0 Å². The molecular weight excluding hydrogens is 626 g/mol. The number of ether oxygens (including phenoxy) is 1. The lowest BCUT2D eigenvalue weighted by Crippen LogP contribution is -2.52. The smallest absolute Gasteiger partial charge is 0.291 e. The summed E-state index contributed by atoms with van der Waals surface area (Å²) in [4.78, 5) is 21.4. The predicted octanol–water partition coefficient (Wildman–Crippen LogP) is 3.96.